The van der Waals surface area contributed by atoms with Crippen LogP contribution in [0.15, 0.2) is 53.4 Å². The van der Waals surface area contributed by atoms with E-state index < -0.39 is 10.0 Å². The van der Waals surface area contributed by atoms with Gasteiger partial charge in [-0.15, -0.1) is 0 Å². The normalized spacial score (nSPS) is 15.0. The number of sulfonamides is 1. The van der Waals surface area contributed by atoms with E-state index in [0.29, 0.717) is 26.2 Å². The predicted molar refractivity (Wildman–Crippen MR) is 107 cm³/mol. The summed E-state index contributed by atoms with van der Waals surface area (Å²) in [6.07, 6.45) is 0. The van der Waals surface area contributed by atoms with Crippen molar-refractivity contribution in [3.8, 4) is 0 Å². The summed E-state index contributed by atoms with van der Waals surface area (Å²) in [5.74, 6) is -0.283. The van der Waals surface area contributed by atoms with Crippen molar-refractivity contribution in [1.82, 2.24) is 9.62 Å². The molecule has 2 aromatic rings. The van der Waals surface area contributed by atoms with Gasteiger partial charge in [0.2, 0.25) is 15.9 Å². The van der Waals surface area contributed by atoms with Gasteiger partial charge in [-0.3, -0.25) is 4.79 Å². The SMILES string of the molecule is O=C(CNS(=O)(=O)c1c(Cl)cccc1Cl)N1CCN(c2ccccc2)CC1. The van der Waals surface area contributed by atoms with Gasteiger partial charge in [-0.05, 0) is 24.3 Å². The number of carbonyl (C=O) groups excluding carboxylic acids is 1. The van der Waals surface area contributed by atoms with Gasteiger partial charge in [-0.1, -0.05) is 47.5 Å². The fourth-order valence-corrected chi connectivity index (χ4v) is 5.05. The van der Waals surface area contributed by atoms with Gasteiger partial charge in [0.1, 0.15) is 4.90 Å². The maximum Gasteiger partial charge on any atom is 0.244 e. The first-order valence-corrected chi connectivity index (χ1v) is 10.6. The maximum absolute atomic E-state index is 12.4. The molecule has 3 rings (SSSR count). The summed E-state index contributed by atoms with van der Waals surface area (Å²) in [6, 6.07) is 14.4. The molecule has 1 amide bonds. The van der Waals surface area contributed by atoms with Gasteiger partial charge in [-0.2, -0.15) is 0 Å². The Balaban J connectivity index is 1.57. The van der Waals surface area contributed by atoms with Gasteiger partial charge >= 0.3 is 0 Å². The Hall–Kier alpha value is -1.80. The Morgan fingerprint density at radius 1 is 0.926 bits per heavy atom. The van der Waals surface area contributed by atoms with E-state index in [-0.39, 0.29) is 27.4 Å². The lowest BCUT2D eigenvalue weighted by Gasteiger charge is -2.36. The number of hydrogen-bond acceptors (Lipinski definition) is 4. The third-order valence-electron chi connectivity index (χ3n) is 4.35. The zero-order valence-corrected chi connectivity index (χ0v) is 16.8. The molecule has 1 aliphatic heterocycles. The summed E-state index contributed by atoms with van der Waals surface area (Å²) in [4.78, 5) is 16.0. The van der Waals surface area contributed by atoms with Crippen molar-refractivity contribution >= 4 is 44.8 Å². The topological polar surface area (TPSA) is 69.7 Å². The van der Waals surface area contributed by atoms with E-state index >= 15 is 0 Å². The molecule has 6 nitrogen and oxygen atoms in total. The second-order valence-corrected chi connectivity index (χ2v) is 8.60. The number of hydrogen-bond donors (Lipinski definition) is 1. The molecular formula is C18H19Cl2N3O3S. The monoisotopic (exact) mass is 427 g/mol. The number of amides is 1. The number of benzene rings is 2. The molecule has 1 fully saturated rings. The minimum absolute atomic E-state index is 0.0129. The summed E-state index contributed by atoms with van der Waals surface area (Å²) in [5.41, 5.74) is 1.11. The Morgan fingerprint density at radius 2 is 1.52 bits per heavy atom. The van der Waals surface area contributed by atoms with Gasteiger partial charge in [0, 0.05) is 31.9 Å². The zero-order valence-electron chi connectivity index (χ0n) is 14.4. The van der Waals surface area contributed by atoms with E-state index in [4.69, 9.17) is 23.2 Å². The average Bonchev–Trinajstić information content (AvgIpc) is 2.67. The fraction of sp³-hybridized carbons (Fsp3) is 0.278. The molecule has 144 valence electrons. The number of nitrogens with zero attached hydrogens (tertiary/aromatic N) is 2. The smallest absolute Gasteiger partial charge is 0.244 e. The van der Waals surface area contributed by atoms with E-state index in [1.54, 1.807) is 11.0 Å². The minimum Gasteiger partial charge on any atom is -0.368 e. The first-order chi connectivity index (χ1) is 12.9. The lowest BCUT2D eigenvalue weighted by Crippen LogP contribution is -2.51. The van der Waals surface area contributed by atoms with Gasteiger partial charge in [0.05, 0.1) is 16.6 Å². The van der Waals surface area contributed by atoms with E-state index in [1.165, 1.54) is 12.1 Å². The van der Waals surface area contributed by atoms with Crippen LogP contribution >= 0.6 is 23.2 Å². The first-order valence-electron chi connectivity index (χ1n) is 8.40. The van der Waals surface area contributed by atoms with Crippen LogP contribution in [0.25, 0.3) is 0 Å². The van der Waals surface area contributed by atoms with Crippen molar-refractivity contribution < 1.29 is 13.2 Å². The lowest BCUT2D eigenvalue weighted by atomic mass is 10.2. The second kappa shape index (κ2) is 8.48. The molecule has 27 heavy (non-hydrogen) atoms. The Morgan fingerprint density at radius 3 is 2.11 bits per heavy atom. The van der Waals surface area contributed by atoms with Crippen LogP contribution in [0.4, 0.5) is 5.69 Å². The summed E-state index contributed by atoms with van der Waals surface area (Å²) < 4.78 is 27.2. The number of nitrogens with one attached hydrogen (secondary N) is 1. The Bertz CT molecular complexity index is 894. The molecule has 1 N–H and O–H groups in total. The second-order valence-electron chi connectivity index (χ2n) is 6.08. The molecule has 0 unspecified atom stereocenters. The number of piperazine rings is 1. The van der Waals surface area contributed by atoms with Crippen molar-refractivity contribution in [2.45, 2.75) is 4.90 Å². The number of carbonyl (C=O) groups is 1. The highest BCUT2D eigenvalue weighted by molar-refractivity contribution is 7.89. The molecule has 0 saturated carbocycles. The molecular weight excluding hydrogens is 409 g/mol. The van der Waals surface area contributed by atoms with E-state index in [9.17, 15) is 13.2 Å². The maximum atomic E-state index is 12.4. The van der Waals surface area contributed by atoms with Crippen molar-refractivity contribution in [3.63, 3.8) is 0 Å². The average molecular weight is 428 g/mol. The highest BCUT2D eigenvalue weighted by Crippen LogP contribution is 2.28. The molecule has 0 spiro atoms. The number of para-hydroxylation sites is 1. The first kappa shape index (κ1) is 19.9. The van der Waals surface area contributed by atoms with Crippen molar-refractivity contribution in [1.29, 1.82) is 0 Å². The third kappa shape index (κ3) is 4.73. The highest BCUT2D eigenvalue weighted by atomic mass is 35.5. The molecule has 1 heterocycles. The van der Waals surface area contributed by atoms with Crippen molar-refractivity contribution in [3.05, 3.63) is 58.6 Å². The van der Waals surface area contributed by atoms with Gasteiger partial charge < -0.3 is 9.80 Å². The molecule has 0 aliphatic carbocycles. The van der Waals surface area contributed by atoms with Gasteiger partial charge in [0.15, 0.2) is 0 Å². The number of rotatable bonds is 5. The zero-order chi connectivity index (χ0) is 19.4. The van der Waals surface area contributed by atoms with Crippen LogP contribution in [0.5, 0.6) is 0 Å². The van der Waals surface area contributed by atoms with Crippen LogP contribution in [-0.4, -0.2) is 51.9 Å². The van der Waals surface area contributed by atoms with E-state index in [2.05, 4.69) is 9.62 Å². The predicted octanol–water partition coefficient (Wildman–Crippen LogP) is 2.62. The van der Waals surface area contributed by atoms with Crippen LogP contribution in [0, 0.1) is 0 Å². The van der Waals surface area contributed by atoms with Crippen LogP contribution in [0.2, 0.25) is 10.0 Å². The van der Waals surface area contributed by atoms with Crippen molar-refractivity contribution in [2.24, 2.45) is 0 Å². The summed E-state index contributed by atoms with van der Waals surface area (Å²) in [6.45, 7) is 2.11. The molecule has 2 aromatic carbocycles. The quantitative estimate of drug-likeness (QED) is 0.795. The highest BCUT2D eigenvalue weighted by Gasteiger charge is 2.25. The molecule has 0 bridgehead atoms. The molecule has 0 atom stereocenters. The molecule has 9 heteroatoms. The standard InChI is InChI=1S/C18H19Cl2N3O3S/c19-15-7-4-8-16(20)18(15)27(25,26)21-13-17(24)23-11-9-22(10-12-23)14-5-2-1-3-6-14/h1-8,21H,9-13H2. The molecule has 1 aliphatic rings. The van der Waals surface area contributed by atoms with E-state index in [1.807, 2.05) is 30.3 Å². The molecule has 0 radical (unpaired) electrons. The van der Waals surface area contributed by atoms with E-state index in [0.717, 1.165) is 5.69 Å². The molecule has 0 aromatic heterocycles. The lowest BCUT2D eigenvalue weighted by molar-refractivity contribution is -0.130. The summed E-state index contributed by atoms with van der Waals surface area (Å²) >= 11 is 11.9. The summed E-state index contributed by atoms with van der Waals surface area (Å²) in [5, 5.41) is 0.0258. The van der Waals surface area contributed by atoms with Gasteiger partial charge in [-0.25, -0.2) is 13.1 Å². The number of anilines is 1. The minimum atomic E-state index is -3.98. The fourth-order valence-electron chi connectivity index (χ4n) is 2.93. The molecule has 1 saturated heterocycles. The summed E-state index contributed by atoms with van der Waals surface area (Å²) in [7, 11) is -3.98. The van der Waals surface area contributed by atoms with Crippen LogP contribution in [0.3, 0.4) is 0 Å². The van der Waals surface area contributed by atoms with Crippen LogP contribution in [-0.2, 0) is 14.8 Å². The van der Waals surface area contributed by atoms with Crippen LogP contribution in [0.1, 0.15) is 0 Å². The Kier molecular flexibility index (Phi) is 6.26. The van der Waals surface area contributed by atoms with Crippen LogP contribution < -0.4 is 9.62 Å². The largest absolute Gasteiger partial charge is 0.368 e. The number of halogens is 2. The van der Waals surface area contributed by atoms with Gasteiger partial charge in [0.25, 0.3) is 0 Å². The third-order valence-corrected chi connectivity index (χ3v) is 6.71. The van der Waals surface area contributed by atoms with Crippen molar-refractivity contribution in [2.75, 3.05) is 37.6 Å². The Labute approximate surface area is 168 Å².